The Bertz CT molecular complexity index is 598. The molecule has 1 heterocycles. The minimum atomic E-state index is -0.383. The van der Waals surface area contributed by atoms with Gasteiger partial charge < -0.3 is 14.5 Å². The molecular weight excluding hydrogens is 242 g/mol. The summed E-state index contributed by atoms with van der Waals surface area (Å²) in [6.45, 7) is 7.56. The Hall–Kier alpha value is -2.23. The van der Waals surface area contributed by atoms with Crippen LogP contribution in [0, 0.1) is 0 Å². The molecule has 0 spiro atoms. The number of fused-ring (bicyclic) bond motifs is 1. The van der Waals surface area contributed by atoms with Gasteiger partial charge in [-0.05, 0) is 19.9 Å². The van der Waals surface area contributed by atoms with E-state index in [2.05, 4.69) is 11.6 Å². The number of ether oxygens (including phenoxy) is 2. The third-order valence-corrected chi connectivity index (χ3v) is 2.56. The topological polar surface area (TPSA) is 51.3 Å². The number of aromatic amines is 1. The number of esters is 1. The van der Waals surface area contributed by atoms with Gasteiger partial charge in [0.25, 0.3) is 0 Å². The molecule has 0 fully saturated rings. The lowest BCUT2D eigenvalue weighted by atomic mass is 10.2. The fraction of sp³-hybridized carbons (Fsp3) is 0.267. The zero-order valence-corrected chi connectivity index (χ0v) is 11.1. The first kappa shape index (κ1) is 13.2. The van der Waals surface area contributed by atoms with E-state index in [1.54, 1.807) is 6.08 Å². The predicted molar refractivity (Wildman–Crippen MR) is 74.5 cm³/mol. The van der Waals surface area contributed by atoms with Crippen molar-refractivity contribution in [3.63, 3.8) is 0 Å². The number of benzene rings is 1. The first-order chi connectivity index (χ1) is 9.13. The maximum atomic E-state index is 12.2. The third-order valence-electron chi connectivity index (χ3n) is 2.56. The monoisotopic (exact) mass is 259 g/mol. The second-order valence-corrected chi connectivity index (χ2v) is 4.43. The fourth-order valence-electron chi connectivity index (χ4n) is 1.84. The third kappa shape index (κ3) is 2.78. The number of nitrogens with one attached hydrogen (secondary N) is 1. The average Bonchev–Trinajstić information content (AvgIpc) is 2.73. The smallest absolute Gasteiger partial charge is 0.344 e. The standard InChI is InChI=1S/C15H17NO3/c1-4-9-18-14-13(15(17)19-10(2)3)11-7-5-6-8-12(11)16-14/h4-8,10,16H,1,9H2,2-3H3. The molecule has 0 amide bonds. The largest absolute Gasteiger partial charge is 0.474 e. The maximum Gasteiger partial charge on any atom is 0.344 e. The first-order valence-corrected chi connectivity index (χ1v) is 6.19. The van der Waals surface area contributed by atoms with E-state index in [-0.39, 0.29) is 12.1 Å². The van der Waals surface area contributed by atoms with Crippen LogP contribution in [-0.2, 0) is 4.74 Å². The van der Waals surface area contributed by atoms with E-state index >= 15 is 0 Å². The van der Waals surface area contributed by atoms with Crippen molar-refractivity contribution in [2.45, 2.75) is 20.0 Å². The van der Waals surface area contributed by atoms with Crippen molar-refractivity contribution in [2.24, 2.45) is 0 Å². The normalized spacial score (nSPS) is 10.7. The molecule has 1 aromatic heterocycles. The first-order valence-electron chi connectivity index (χ1n) is 6.19. The van der Waals surface area contributed by atoms with Crippen LogP contribution in [0.1, 0.15) is 24.2 Å². The molecule has 4 heteroatoms. The Balaban J connectivity index is 2.47. The minimum absolute atomic E-state index is 0.173. The van der Waals surface area contributed by atoms with E-state index < -0.39 is 0 Å². The zero-order valence-electron chi connectivity index (χ0n) is 11.1. The molecule has 2 rings (SSSR count). The van der Waals surface area contributed by atoms with Crippen molar-refractivity contribution in [2.75, 3.05) is 6.61 Å². The molecule has 0 unspecified atom stereocenters. The quantitative estimate of drug-likeness (QED) is 0.662. The van der Waals surface area contributed by atoms with Gasteiger partial charge in [0.15, 0.2) is 0 Å². The van der Waals surface area contributed by atoms with Gasteiger partial charge in [0.05, 0.1) is 6.10 Å². The van der Waals surface area contributed by atoms with Gasteiger partial charge in [-0.15, -0.1) is 0 Å². The number of rotatable bonds is 5. The van der Waals surface area contributed by atoms with Crippen molar-refractivity contribution >= 4 is 16.9 Å². The van der Waals surface area contributed by atoms with Crippen LogP contribution in [0.15, 0.2) is 36.9 Å². The summed E-state index contributed by atoms with van der Waals surface area (Å²) in [5.74, 6) is 0.0401. The Labute approximate surface area is 112 Å². The van der Waals surface area contributed by atoms with E-state index in [0.29, 0.717) is 18.1 Å². The summed E-state index contributed by atoms with van der Waals surface area (Å²) in [5, 5.41) is 0.798. The van der Waals surface area contributed by atoms with Crippen molar-refractivity contribution in [1.82, 2.24) is 4.98 Å². The second-order valence-electron chi connectivity index (χ2n) is 4.43. The SMILES string of the molecule is C=CCOc1[nH]c2ccccc2c1C(=O)OC(C)C. The summed E-state index contributed by atoms with van der Waals surface area (Å²) in [7, 11) is 0. The molecule has 1 aromatic carbocycles. The molecule has 100 valence electrons. The van der Waals surface area contributed by atoms with E-state index in [1.807, 2.05) is 38.1 Å². The summed E-state index contributed by atoms with van der Waals surface area (Å²) in [4.78, 5) is 15.2. The molecule has 1 N–H and O–H groups in total. The van der Waals surface area contributed by atoms with Gasteiger partial charge in [0.2, 0.25) is 5.88 Å². The fourth-order valence-corrected chi connectivity index (χ4v) is 1.84. The number of hydrogen-bond donors (Lipinski definition) is 1. The molecule has 0 aliphatic heterocycles. The van der Waals surface area contributed by atoms with Crippen LogP contribution in [0.25, 0.3) is 10.9 Å². The van der Waals surface area contributed by atoms with Crippen LogP contribution in [0.4, 0.5) is 0 Å². The van der Waals surface area contributed by atoms with Gasteiger partial charge >= 0.3 is 5.97 Å². The highest BCUT2D eigenvalue weighted by atomic mass is 16.5. The van der Waals surface area contributed by atoms with Crippen LogP contribution in [-0.4, -0.2) is 23.7 Å². The predicted octanol–water partition coefficient (Wildman–Crippen LogP) is 3.30. The molecule has 0 aliphatic carbocycles. The molecule has 2 aromatic rings. The highest BCUT2D eigenvalue weighted by Gasteiger charge is 2.21. The maximum absolute atomic E-state index is 12.2. The minimum Gasteiger partial charge on any atom is -0.474 e. The van der Waals surface area contributed by atoms with E-state index in [4.69, 9.17) is 9.47 Å². The lowest BCUT2D eigenvalue weighted by molar-refractivity contribution is 0.0376. The number of H-pyrrole nitrogens is 1. The summed E-state index contributed by atoms with van der Waals surface area (Å²) >= 11 is 0. The van der Waals surface area contributed by atoms with Crippen LogP contribution in [0.5, 0.6) is 5.88 Å². The highest BCUT2D eigenvalue weighted by molar-refractivity contribution is 6.06. The van der Waals surface area contributed by atoms with Crippen molar-refractivity contribution in [3.8, 4) is 5.88 Å². The van der Waals surface area contributed by atoms with Gasteiger partial charge in [-0.3, -0.25) is 0 Å². The molecule has 0 radical (unpaired) electrons. The number of carbonyl (C=O) groups is 1. The summed E-state index contributed by atoms with van der Waals surface area (Å²) in [6, 6.07) is 7.53. The van der Waals surface area contributed by atoms with Crippen molar-refractivity contribution < 1.29 is 14.3 Å². The molecule has 0 atom stereocenters. The van der Waals surface area contributed by atoms with Gasteiger partial charge in [-0.25, -0.2) is 4.79 Å². The lowest BCUT2D eigenvalue weighted by Crippen LogP contribution is -2.12. The Morgan fingerprint density at radius 1 is 1.42 bits per heavy atom. The van der Waals surface area contributed by atoms with Crippen molar-refractivity contribution in [1.29, 1.82) is 0 Å². The summed E-state index contributed by atoms with van der Waals surface area (Å²) < 4.78 is 10.8. The number of aromatic nitrogens is 1. The molecule has 0 bridgehead atoms. The van der Waals surface area contributed by atoms with Crippen molar-refractivity contribution in [3.05, 3.63) is 42.5 Å². The van der Waals surface area contributed by atoms with E-state index in [0.717, 1.165) is 10.9 Å². The van der Waals surface area contributed by atoms with Crippen LogP contribution < -0.4 is 4.74 Å². The van der Waals surface area contributed by atoms with Gasteiger partial charge in [0.1, 0.15) is 12.2 Å². The average molecular weight is 259 g/mol. The lowest BCUT2D eigenvalue weighted by Gasteiger charge is -2.09. The molecule has 4 nitrogen and oxygen atoms in total. The molecule has 0 aliphatic rings. The molecule has 19 heavy (non-hydrogen) atoms. The zero-order chi connectivity index (χ0) is 13.8. The Kier molecular flexibility index (Phi) is 3.90. The number of carbonyl (C=O) groups excluding carboxylic acids is 1. The van der Waals surface area contributed by atoms with Crippen LogP contribution >= 0.6 is 0 Å². The molecular formula is C15H17NO3. The van der Waals surface area contributed by atoms with Crippen LogP contribution in [0.2, 0.25) is 0 Å². The molecule has 0 saturated carbocycles. The van der Waals surface area contributed by atoms with Gasteiger partial charge in [-0.1, -0.05) is 30.9 Å². The number of hydrogen-bond acceptors (Lipinski definition) is 3. The Morgan fingerprint density at radius 3 is 2.84 bits per heavy atom. The summed E-state index contributed by atoms with van der Waals surface area (Å²) in [5.41, 5.74) is 1.28. The summed E-state index contributed by atoms with van der Waals surface area (Å²) in [6.07, 6.45) is 1.46. The molecule has 0 saturated heterocycles. The second kappa shape index (κ2) is 5.61. The van der Waals surface area contributed by atoms with Gasteiger partial charge in [0, 0.05) is 10.9 Å². The van der Waals surface area contributed by atoms with E-state index in [9.17, 15) is 4.79 Å². The Morgan fingerprint density at radius 2 is 2.16 bits per heavy atom. The number of para-hydroxylation sites is 1. The van der Waals surface area contributed by atoms with Gasteiger partial charge in [-0.2, -0.15) is 0 Å². The van der Waals surface area contributed by atoms with Crippen LogP contribution in [0.3, 0.4) is 0 Å². The highest BCUT2D eigenvalue weighted by Crippen LogP contribution is 2.29. The van der Waals surface area contributed by atoms with E-state index in [1.165, 1.54) is 0 Å².